The van der Waals surface area contributed by atoms with Crippen molar-refractivity contribution in [1.82, 2.24) is 0 Å². The molecule has 0 aromatic carbocycles. The van der Waals surface area contributed by atoms with Gasteiger partial charge in [0.1, 0.15) is 24.4 Å². The lowest BCUT2D eigenvalue weighted by Gasteiger charge is -2.47. The number of aliphatic hydroxyl groups is 5. The van der Waals surface area contributed by atoms with E-state index in [9.17, 15) is 25.5 Å². The average molecular weight is 413 g/mol. The molecule has 0 unspecified atom stereocenters. The third-order valence-electron chi connectivity index (χ3n) is 8.72. The number of hydrogen-bond acceptors (Lipinski definition) is 7. The van der Waals surface area contributed by atoms with Gasteiger partial charge in [0.05, 0.1) is 18.8 Å². The molecular formula is C22H36O7. The van der Waals surface area contributed by atoms with E-state index >= 15 is 0 Å². The molecule has 1 saturated heterocycles. The summed E-state index contributed by atoms with van der Waals surface area (Å²) in [6.07, 6.45) is 1.00. The number of hydrogen-bond donors (Lipinski definition) is 5. The first-order valence-corrected chi connectivity index (χ1v) is 11.0. The monoisotopic (exact) mass is 412 g/mol. The van der Waals surface area contributed by atoms with Gasteiger partial charge in [-0.15, -0.1) is 0 Å². The summed E-state index contributed by atoms with van der Waals surface area (Å²) in [4.78, 5) is 0. The van der Waals surface area contributed by atoms with E-state index in [1.165, 1.54) is 0 Å². The summed E-state index contributed by atoms with van der Waals surface area (Å²) in [5.74, 6) is 0.597. The van der Waals surface area contributed by atoms with Crippen LogP contribution in [0.15, 0.2) is 12.2 Å². The van der Waals surface area contributed by atoms with Gasteiger partial charge in [-0.05, 0) is 30.1 Å². The summed E-state index contributed by atoms with van der Waals surface area (Å²) >= 11 is 0. The lowest BCUT2D eigenvalue weighted by molar-refractivity contribution is -0.326. The molecule has 7 nitrogen and oxygen atoms in total. The second kappa shape index (κ2) is 7.55. The van der Waals surface area contributed by atoms with Gasteiger partial charge in [0, 0.05) is 11.3 Å². The minimum atomic E-state index is -1.47. The second-order valence-electron chi connectivity index (χ2n) is 9.94. The highest BCUT2D eigenvalue weighted by Gasteiger charge is 2.76. The quantitative estimate of drug-likeness (QED) is 0.405. The van der Waals surface area contributed by atoms with Crippen molar-refractivity contribution in [1.29, 1.82) is 0 Å². The van der Waals surface area contributed by atoms with E-state index in [-0.39, 0.29) is 29.3 Å². The van der Waals surface area contributed by atoms with Crippen molar-refractivity contribution in [3.05, 3.63) is 12.2 Å². The van der Waals surface area contributed by atoms with Crippen molar-refractivity contribution in [2.24, 2.45) is 28.6 Å². The molecule has 4 bridgehead atoms. The zero-order valence-electron chi connectivity index (χ0n) is 17.5. The van der Waals surface area contributed by atoms with E-state index in [1.54, 1.807) is 0 Å². The van der Waals surface area contributed by atoms with Crippen molar-refractivity contribution >= 4 is 0 Å². The highest BCUT2D eigenvalue weighted by Crippen LogP contribution is 2.74. The zero-order valence-corrected chi connectivity index (χ0v) is 17.5. The molecule has 0 spiro atoms. The molecular weight excluding hydrogens is 376 g/mol. The van der Waals surface area contributed by atoms with Crippen molar-refractivity contribution < 1.29 is 35.0 Å². The van der Waals surface area contributed by atoms with Gasteiger partial charge < -0.3 is 35.0 Å². The summed E-state index contributed by atoms with van der Waals surface area (Å²) < 4.78 is 11.9. The molecule has 1 aliphatic heterocycles. The normalized spacial score (nSPS) is 56.1. The Morgan fingerprint density at radius 1 is 1.10 bits per heavy atom. The van der Waals surface area contributed by atoms with Crippen LogP contribution in [0.5, 0.6) is 0 Å². The number of ether oxygens (including phenoxy) is 2. The van der Waals surface area contributed by atoms with Crippen LogP contribution in [0.4, 0.5) is 0 Å². The molecule has 5 N–H and O–H groups in total. The van der Waals surface area contributed by atoms with Gasteiger partial charge in [-0.1, -0.05) is 45.8 Å². The van der Waals surface area contributed by atoms with Crippen LogP contribution in [0.2, 0.25) is 0 Å². The Morgan fingerprint density at radius 2 is 1.83 bits per heavy atom. The predicted octanol–water partition coefficient (Wildman–Crippen LogP) is 0.571. The van der Waals surface area contributed by atoms with Gasteiger partial charge in [0.25, 0.3) is 0 Å². The number of aliphatic hydroxyl groups excluding tert-OH is 5. The Hall–Kier alpha value is -0.540. The zero-order chi connectivity index (χ0) is 21.1. The van der Waals surface area contributed by atoms with Crippen LogP contribution in [-0.2, 0) is 9.47 Å². The van der Waals surface area contributed by atoms with Gasteiger partial charge in [-0.2, -0.15) is 0 Å². The van der Waals surface area contributed by atoms with E-state index in [4.69, 9.17) is 9.47 Å². The van der Waals surface area contributed by atoms with Gasteiger partial charge in [0.2, 0.25) is 0 Å². The van der Waals surface area contributed by atoms with Crippen LogP contribution in [-0.4, -0.2) is 75.1 Å². The maximum atomic E-state index is 11.4. The van der Waals surface area contributed by atoms with Crippen LogP contribution < -0.4 is 0 Å². The molecule has 3 aliphatic carbocycles. The first kappa shape index (κ1) is 21.7. The number of unbranched alkanes of at least 4 members (excludes halogenated alkanes) is 1. The third-order valence-corrected chi connectivity index (χ3v) is 8.72. The van der Waals surface area contributed by atoms with Gasteiger partial charge in [0.15, 0.2) is 6.29 Å². The van der Waals surface area contributed by atoms with Crippen LogP contribution in [0.3, 0.4) is 0 Å². The summed E-state index contributed by atoms with van der Waals surface area (Å²) in [6, 6.07) is 0. The summed E-state index contributed by atoms with van der Waals surface area (Å²) in [6.45, 7) is 5.99. The maximum absolute atomic E-state index is 11.4. The highest BCUT2D eigenvalue weighted by atomic mass is 16.7. The standard InChI is InChI=1S/C22H36O7/c1-4-5-7-11-14-12-8-6-9-21(14,2)22(3,18(11)27)19(12)29-20-17(26)16(25)15(24)13(10-23)28-20/h6,8,11-20,23-27H,4-5,7,9-10H2,1-3H3/t11-,12-,13+,14-,15+,16-,17+,18+,19+,20-,21+,22+/m0/s1. The first-order chi connectivity index (χ1) is 13.7. The highest BCUT2D eigenvalue weighted by molar-refractivity contribution is 5.29. The molecule has 1 heterocycles. The molecule has 29 heavy (non-hydrogen) atoms. The third kappa shape index (κ3) is 2.82. The molecule has 4 rings (SSSR count). The van der Waals surface area contributed by atoms with Gasteiger partial charge >= 0.3 is 0 Å². The van der Waals surface area contributed by atoms with Crippen molar-refractivity contribution in [2.45, 2.75) is 89.4 Å². The Balaban J connectivity index is 1.62. The largest absolute Gasteiger partial charge is 0.394 e. The van der Waals surface area contributed by atoms with E-state index in [0.29, 0.717) is 0 Å². The van der Waals surface area contributed by atoms with E-state index in [0.717, 1.165) is 25.7 Å². The Kier molecular flexibility index (Phi) is 5.65. The van der Waals surface area contributed by atoms with E-state index in [1.807, 2.05) is 0 Å². The van der Waals surface area contributed by atoms with Gasteiger partial charge in [-0.3, -0.25) is 0 Å². The molecule has 12 atom stereocenters. The Morgan fingerprint density at radius 3 is 2.48 bits per heavy atom. The smallest absolute Gasteiger partial charge is 0.187 e. The van der Waals surface area contributed by atoms with Gasteiger partial charge in [-0.25, -0.2) is 0 Å². The molecule has 0 aromatic heterocycles. The fourth-order valence-electron chi connectivity index (χ4n) is 6.98. The molecule has 2 saturated carbocycles. The molecule has 166 valence electrons. The van der Waals surface area contributed by atoms with Crippen LogP contribution >= 0.6 is 0 Å². The average Bonchev–Trinajstić information content (AvgIpc) is 2.93. The lowest BCUT2D eigenvalue weighted by atomic mass is 9.65. The second-order valence-corrected chi connectivity index (χ2v) is 9.94. The molecule has 0 radical (unpaired) electrons. The van der Waals surface area contributed by atoms with Crippen LogP contribution in [0.25, 0.3) is 0 Å². The Labute approximate surface area is 172 Å². The van der Waals surface area contributed by atoms with E-state index < -0.39 is 48.8 Å². The lowest BCUT2D eigenvalue weighted by Crippen LogP contribution is -2.61. The first-order valence-electron chi connectivity index (χ1n) is 11.0. The topological polar surface area (TPSA) is 120 Å². The summed E-state index contributed by atoms with van der Waals surface area (Å²) in [7, 11) is 0. The fraction of sp³-hybridized carbons (Fsp3) is 0.909. The van der Waals surface area contributed by atoms with Crippen molar-refractivity contribution in [3.8, 4) is 0 Å². The van der Waals surface area contributed by atoms with Crippen molar-refractivity contribution in [2.75, 3.05) is 6.61 Å². The number of rotatable bonds is 6. The van der Waals surface area contributed by atoms with Crippen LogP contribution in [0, 0.1) is 28.6 Å². The summed E-state index contributed by atoms with van der Waals surface area (Å²) in [5, 5.41) is 51.5. The summed E-state index contributed by atoms with van der Waals surface area (Å²) in [5.41, 5.74) is -0.647. The maximum Gasteiger partial charge on any atom is 0.187 e. The molecule has 0 amide bonds. The molecule has 4 aliphatic rings. The number of allylic oxidation sites excluding steroid dienone is 1. The minimum Gasteiger partial charge on any atom is -0.394 e. The molecule has 7 heteroatoms. The van der Waals surface area contributed by atoms with Crippen LogP contribution in [0.1, 0.15) is 46.5 Å². The van der Waals surface area contributed by atoms with E-state index in [2.05, 4.69) is 32.9 Å². The molecule has 0 aromatic rings. The predicted molar refractivity (Wildman–Crippen MR) is 105 cm³/mol. The molecule has 3 fully saturated rings. The fourth-order valence-corrected chi connectivity index (χ4v) is 6.98. The SMILES string of the molecule is CCCC[C@H]1[C@H]2[C@@H]3C=CC[C@@]2(C)[C@](C)([C@@H]1O)[C@@H]3O[C@@H]1O[C@H](CO)[C@@H](O)[C@H](O)[C@H]1O. The minimum absolute atomic E-state index is 0.0939. The van der Waals surface area contributed by atoms with Crippen molar-refractivity contribution in [3.63, 3.8) is 0 Å². The Bertz CT molecular complexity index is 639.